The summed E-state index contributed by atoms with van der Waals surface area (Å²) in [5, 5.41) is 8.93. The number of rotatable bonds is 8. The molecule has 1 amide bonds. The predicted molar refractivity (Wildman–Crippen MR) is 171 cm³/mol. The van der Waals surface area contributed by atoms with E-state index in [-0.39, 0.29) is 5.02 Å². The van der Waals surface area contributed by atoms with Crippen molar-refractivity contribution in [3.05, 3.63) is 107 Å². The topological polar surface area (TPSA) is 94.6 Å². The van der Waals surface area contributed by atoms with E-state index in [4.69, 9.17) is 35.8 Å². The predicted octanol–water partition coefficient (Wildman–Crippen LogP) is 8.26. The van der Waals surface area contributed by atoms with E-state index in [0.717, 1.165) is 16.3 Å². The van der Waals surface area contributed by atoms with E-state index in [9.17, 15) is 9.18 Å². The van der Waals surface area contributed by atoms with Gasteiger partial charge in [0.1, 0.15) is 11.6 Å². The highest BCUT2D eigenvalue weighted by Gasteiger charge is 2.18. The summed E-state index contributed by atoms with van der Waals surface area (Å²) in [7, 11) is 4.46. The quantitative estimate of drug-likeness (QED) is 0.180. The average Bonchev–Trinajstić information content (AvgIpc) is 3.05. The first-order valence-corrected chi connectivity index (χ1v) is 13.9. The van der Waals surface area contributed by atoms with Gasteiger partial charge in [0, 0.05) is 27.9 Å². The van der Waals surface area contributed by atoms with Gasteiger partial charge in [0.15, 0.2) is 17.3 Å². The van der Waals surface area contributed by atoms with Crippen LogP contribution in [0.15, 0.2) is 91.0 Å². The number of ether oxygens (including phenoxy) is 3. The van der Waals surface area contributed by atoms with E-state index in [0.29, 0.717) is 56.7 Å². The lowest BCUT2D eigenvalue weighted by molar-refractivity contribution is 0.102. The average molecular weight is 609 g/mol. The molecule has 0 atom stereocenters. The molecule has 220 valence electrons. The Morgan fingerprint density at radius 2 is 1.50 bits per heavy atom. The lowest BCUT2D eigenvalue weighted by Crippen LogP contribution is -2.13. The number of nitrogens with one attached hydrogen (secondary N) is 2. The van der Waals surface area contributed by atoms with Crippen molar-refractivity contribution in [1.82, 2.24) is 9.97 Å². The van der Waals surface area contributed by atoms with Gasteiger partial charge in [-0.05, 0) is 65.4 Å². The second-order valence-electron chi connectivity index (χ2n) is 9.81. The lowest BCUT2D eigenvalue weighted by atomic mass is 10.1. The second-order valence-corrected chi connectivity index (χ2v) is 10.2. The fourth-order valence-electron chi connectivity index (χ4n) is 4.89. The molecular formula is C34H26ClFN4O4. The third-order valence-corrected chi connectivity index (χ3v) is 7.36. The number of nitrogens with zero attached hydrogens (tertiary/aromatic N) is 2. The molecule has 1 aromatic heterocycles. The number of methoxy groups -OCH3 is 3. The highest BCUT2D eigenvalue weighted by molar-refractivity contribution is 6.31. The van der Waals surface area contributed by atoms with Crippen LogP contribution in [0, 0.1) is 5.82 Å². The molecule has 0 saturated heterocycles. The van der Waals surface area contributed by atoms with Gasteiger partial charge < -0.3 is 24.8 Å². The zero-order chi connectivity index (χ0) is 30.8. The summed E-state index contributed by atoms with van der Waals surface area (Å²) < 4.78 is 30.1. The van der Waals surface area contributed by atoms with Crippen LogP contribution in [0.5, 0.6) is 17.2 Å². The number of aromatic nitrogens is 2. The van der Waals surface area contributed by atoms with E-state index in [1.165, 1.54) is 33.5 Å². The first kappa shape index (κ1) is 28.7. The molecule has 0 spiro atoms. The third kappa shape index (κ3) is 5.65. The van der Waals surface area contributed by atoms with Gasteiger partial charge >= 0.3 is 0 Å². The molecule has 5 aromatic carbocycles. The number of carbonyl (C=O) groups excluding carboxylic acids is 1. The number of benzene rings is 5. The van der Waals surface area contributed by atoms with Crippen molar-refractivity contribution in [3.8, 4) is 28.6 Å². The van der Waals surface area contributed by atoms with Crippen LogP contribution in [0.2, 0.25) is 5.02 Å². The van der Waals surface area contributed by atoms with Crippen LogP contribution >= 0.6 is 11.6 Å². The van der Waals surface area contributed by atoms with Crippen LogP contribution in [-0.4, -0.2) is 37.2 Å². The summed E-state index contributed by atoms with van der Waals surface area (Å²) in [6.45, 7) is 0. The van der Waals surface area contributed by atoms with E-state index in [2.05, 4.69) is 10.6 Å². The molecule has 8 nitrogen and oxygen atoms in total. The molecule has 1 heterocycles. The molecule has 10 heteroatoms. The molecule has 6 rings (SSSR count). The molecule has 0 aliphatic carbocycles. The van der Waals surface area contributed by atoms with Gasteiger partial charge in [0.05, 0.1) is 31.9 Å². The highest BCUT2D eigenvalue weighted by atomic mass is 35.5. The highest BCUT2D eigenvalue weighted by Crippen LogP contribution is 2.38. The Kier molecular flexibility index (Phi) is 7.87. The van der Waals surface area contributed by atoms with Gasteiger partial charge in [-0.2, -0.15) is 0 Å². The number of carbonyl (C=O) groups is 1. The Morgan fingerprint density at radius 1 is 0.773 bits per heavy atom. The minimum Gasteiger partial charge on any atom is -0.493 e. The summed E-state index contributed by atoms with van der Waals surface area (Å²) in [4.78, 5) is 23.0. The molecule has 44 heavy (non-hydrogen) atoms. The van der Waals surface area contributed by atoms with E-state index in [1.807, 2.05) is 42.5 Å². The van der Waals surface area contributed by atoms with Crippen molar-refractivity contribution in [2.24, 2.45) is 0 Å². The third-order valence-electron chi connectivity index (χ3n) is 7.07. The van der Waals surface area contributed by atoms with Crippen LogP contribution in [0.25, 0.3) is 33.1 Å². The van der Waals surface area contributed by atoms with Crippen LogP contribution in [0.3, 0.4) is 0 Å². The maximum atomic E-state index is 13.9. The summed E-state index contributed by atoms with van der Waals surface area (Å²) >= 11 is 6.06. The molecular weight excluding hydrogens is 583 g/mol. The fourth-order valence-corrected chi connectivity index (χ4v) is 5.07. The van der Waals surface area contributed by atoms with Gasteiger partial charge in [-0.15, -0.1) is 0 Å². The molecule has 0 aliphatic heterocycles. The zero-order valence-corrected chi connectivity index (χ0v) is 24.7. The molecule has 0 radical (unpaired) electrons. The Bertz CT molecular complexity index is 2030. The summed E-state index contributed by atoms with van der Waals surface area (Å²) in [5.41, 5.74) is 2.79. The van der Waals surface area contributed by atoms with E-state index < -0.39 is 11.7 Å². The van der Waals surface area contributed by atoms with Crippen molar-refractivity contribution in [2.45, 2.75) is 0 Å². The first-order chi connectivity index (χ1) is 21.4. The molecule has 0 bridgehead atoms. The minimum atomic E-state index is -0.529. The summed E-state index contributed by atoms with van der Waals surface area (Å²) in [6.07, 6.45) is 0. The Morgan fingerprint density at radius 3 is 2.20 bits per heavy atom. The molecule has 0 fully saturated rings. The molecule has 0 aliphatic rings. The number of hydrogen-bond donors (Lipinski definition) is 2. The van der Waals surface area contributed by atoms with Crippen molar-refractivity contribution >= 4 is 56.4 Å². The maximum absolute atomic E-state index is 13.9. The zero-order valence-electron chi connectivity index (χ0n) is 23.9. The van der Waals surface area contributed by atoms with Gasteiger partial charge in [0.25, 0.3) is 5.91 Å². The number of fused-ring (bicyclic) bond motifs is 2. The number of halogens is 2. The van der Waals surface area contributed by atoms with Crippen molar-refractivity contribution in [3.63, 3.8) is 0 Å². The van der Waals surface area contributed by atoms with Gasteiger partial charge in [-0.1, -0.05) is 48.0 Å². The Balaban J connectivity index is 1.41. The van der Waals surface area contributed by atoms with Crippen LogP contribution in [0.1, 0.15) is 10.4 Å². The van der Waals surface area contributed by atoms with Gasteiger partial charge in [0.2, 0.25) is 5.75 Å². The standard InChI is InChI=1S/C34H26ClFN4O4/c1-42-29-15-22(16-30(43-2)31(29)44-3)34(41)38-23-11-13-28-25(17-23)33(37-24-10-12-27(36)26(35)18-24)40-32(39-28)21-9-8-19-6-4-5-7-20(19)14-21/h4-18H,1-3H3,(H,38,41)(H,37,39,40). The van der Waals surface area contributed by atoms with Crippen LogP contribution in [-0.2, 0) is 0 Å². The molecule has 2 N–H and O–H groups in total. The largest absolute Gasteiger partial charge is 0.493 e. The molecule has 0 unspecified atom stereocenters. The lowest BCUT2D eigenvalue weighted by Gasteiger charge is -2.15. The SMILES string of the molecule is COc1cc(C(=O)Nc2ccc3nc(-c4ccc5ccccc5c4)nc(Nc4ccc(F)c(Cl)c4)c3c2)cc(OC)c1OC. The minimum absolute atomic E-state index is 0.0265. The van der Waals surface area contributed by atoms with E-state index >= 15 is 0 Å². The van der Waals surface area contributed by atoms with Crippen molar-refractivity contribution < 1.29 is 23.4 Å². The Hall–Kier alpha value is -5.41. The number of amides is 1. The van der Waals surface area contributed by atoms with Gasteiger partial charge in [-0.25, -0.2) is 14.4 Å². The maximum Gasteiger partial charge on any atom is 0.255 e. The summed E-state index contributed by atoms with van der Waals surface area (Å²) in [6, 6.07) is 26.9. The fraction of sp³-hybridized carbons (Fsp3) is 0.0882. The second kappa shape index (κ2) is 12.1. The monoisotopic (exact) mass is 608 g/mol. The Labute approximate surface area is 257 Å². The molecule has 0 saturated carbocycles. The van der Waals surface area contributed by atoms with Crippen LogP contribution < -0.4 is 24.8 Å². The van der Waals surface area contributed by atoms with Gasteiger partial charge in [-0.3, -0.25) is 4.79 Å². The smallest absolute Gasteiger partial charge is 0.255 e. The van der Waals surface area contributed by atoms with E-state index in [1.54, 1.807) is 36.4 Å². The van der Waals surface area contributed by atoms with Crippen molar-refractivity contribution in [1.29, 1.82) is 0 Å². The number of anilines is 3. The number of hydrogen-bond acceptors (Lipinski definition) is 7. The summed E-state index contributed by atoms with van der Waals surface area (Å²) in [5.74, 6) is 1.12. The van der Waals surface area contributed by atoms with Crippen LogP contribution in [0.4, 0.5) is 21.6 Å². The molecule has 6 aromatic rings. The normalized spacial score (nSPS) is 10.9. The first-order valence-electron chi connectivity index (χ1n) is 13.5. The van der Waals surface area contributed by atoms with Crippen molar-refractivity contribution in [2.75, 3.05) is 32.0 Å².